The quantitative estimate of drug-likeness (QED) is 0.772. The summed E-state index contributed by atoms with van der Waals surface area (Å²) in [5.74, 6) is -0.109. The lowest BCUT2D eigenvalue weighted by Crippen LogP contribution is -2.12. The average molecular weight is 290 g/mol. The molecule has 0 spiro atoms. The molecule has 0 aliphatic rings. The number of nitrogens with zero attached hydrogens (tertiary/aromatic N) is 1. The molecule has 1 N–H and O–H groups in total. The van der Waals surface area contributed by atoms with Crippen LogP contribution in [-0.4, -0.2) is 10.9 Å². The fourth-order valence-corrected chi connectivity index (χ4v) is 2.54. The van der Waals surface area contributed by atoms with Crippen molar-refractivity contribution in [2.45, 2.75) is 19.8 Å². The van der Waals surface area contributed by atoms with Crippen LogP contribution in [0.15, 0.2) is 60.8 Å². The van der Waals surface area contributed by atoms with Crippen LogP contribution in [0.5, 0.6) is 0 Å². The van der Waals surface area contributed by atoms with Gasteiger partial charge in [-0.3, -0.25) is 9.78 Å². The Morgan fingerprint density at radius 2 is 1.82 bits per heavy atom. The van der Waals surface area contributed by atoms with Gasteiger partial charge in [-0.25, -0.2) is 0 Å². The molecule has 0 fully saturated rings. The highest BCUT2D eigenvalue weighted by molar-refractivity contribution is 6.12. The molecule has 1 heterocycles. The van der Waals surface area contributed by atoms with E-state index >= 15 is 0 Å². The van der Waals surface area contributed by atoms with Crippen LogP contribution in [0.1, 0.15) is 29.3 Å². The average Bonchev–Trinajstić information content (AvgIpc) is 2.56. The minimum Gasteiger partial charge on any atom is -0.322 e. The van der Waals surface area contributed by atoms with E-state index in [1.807, 2.05) is 36.4 Å². The number of anilines is 1. The van der Waals surface area contributed by atoms with Gasteiger partial charge < -0.3 is 5.32 Å². The van der Waals surface area contributed by atoms with E-state index < -0.39 is 0 Å². The van der Waals surface area contributed by atoms with Gasteiger partial charge in [-0.2, -0.15) is 0 Å². The van der Waals surface area contributed by atoms with Crippen molar-refractivity contribution in [3.63, 3.8) is 0 Å². The van der Waals surface area contributed by atoms with Gasteiger partial charge in [-0.05, 0) is 36.2 Å². The third-order valence-electron chi connectivity index (χ3n) is 3.64. The van der Waals surface area contributed by atoms with Crippen LogP contribution in [0.3, 0.4) is 0 Å². The van der Waals surface area contributed by atoms with Gasteiger partial charge in [-0.15, -0.1) is 0 Å². The van der Waals surface area contributed by atoms with E-state index in [-0.39, 0.29) is 5.91 Å². The Hall–Kier alpha value is -2.68. The molecule has 3 rings (SSSR count). The Morgan fingerprint density at radius 1 is 1.05 bits per heavy atom. The van der Waals surface area contributed by atoms with Gasteiger partial charge in [0.05, 0.1) is 11.1 Å². The van der Waals surface area contributed by atoms with Crippen LogP contribution in [0.25, 0.3) is 10.9 Å². The summed E-state index contributed by atoms with van der Waals surface area (Å²) in [6.07, 6.45) is 3.85. The predicted octanol–water partition coefficient (Wildman–Crippen LogP) is 4.44. The summed E-state index contributed by atoms with van der Waals surface area (Å²) in [7, 11) is 0. The number of hydrogen-bond acceptors (Lipinski definition) is 2. The second kappa shape index (κ2) is 6.39. The molecule has 0 radical (unpaired) electrons. The zero-order valence-corrected chi connectivity index (χ0v) is 12.5. The first-order valence-electron chi connectivity index (χ1n) is 7.52. The topological polar surface area (TPSA) is 42.0 Å². The molecule has 0 atom stereocenters. The van der Waals surface area contributed by atoms with Crippen molar-refractivity contribution < 1.29 is 4.79 Å². The number of para-hydroxylation sites is 1. The van der Waals surface area contributed by atoms with Crippen LogP contribution < -0.4 is 5.32 Å². The number of rotatable bonds is 4. The number of amides is 1. The fourth-order valence-electron chi connectivity index (χ4n) is 2.54. The molecule has 0 aliphatic carbocycles. The Kier molecular flexibility index (Phi) is 4.15. The van der Waals surface area contributed by atoms with Gasteiger partial charge in [0.1, 0.15) is 0 Å². The van der Waals surface area contributed by atoms with Crippen LogP contribution in [0.2, 0.25) is 0 Å². The van der Waals surface area contributed by atoms with E-state index in [0.29, 0.717) is 5.56 Å². The molecule has 0 saturated heterocycles. The second-order valence-electron chi connectivity index (χ2n) is 5.28. The van der Waals surface area contributed by atoms with Crippen LogP contribution in [-0.2, 0) is 6.42 Å². The van der Waals surface area contributed by atoms with Crippen molar-refractivity contribution >= 4 is 22.5 Å². The molecule has 1 amide bonds. The summed E-state index contributed by atoms with van der Waals surface area (Å²) < 4.78 is 0. The molecule has 22 heavy (non-hydrogen) atoms. The Morgan fingerprint density at radius 3 is 2.59 bits per heavy atom. The predicted molar refractivity (Wildman–Crippen MR) is 90.1 cm³/mol. The summed E-state index contributed by atoms with van der Waals surface area (Å²) in [6, 6.07) is 17.4. The summed E-state index contributed by atoms with van der Waals surface area (Å²) in [5, 5.41) is 3.82. The highest BCUT2D eigenvalue weighted by atomic mass is 16.1. The van der Waals surface area contributed by atoms with E-state index in [4.69, 9.17) is 0 Å². The fraction of sp³-hybridized carbons (Fsp3) is 0.158. The molecule has 110 valence electrons. The first-order chi connectivity index (χ1) is 10.8. The van der Waals surface area contributed by atoms with Crippen molar-refractivity contribution in [3.05, 3.63) is 71.9 Å². The maximum Gasteiger partial charge on any atom is 0.256 e. The van der Waals surface area contributed by atoms with E-state index in [9.17, 15) is 4.79 Å². The van der Waals surface area contributed by atoms with Gasteiger partial charge >= 0.3 is 0 Å². The van der Waals surface area contributed by atoms with Crippen molar-refractivity contribution in [3.8, 4) is 0 Å². The zero-order valence-electron chi connectivity index (χ0n) is 12.5. The van der Waals surface area contributed by atoms with E-state index in [0.717, 1.165) is 29.4 Å². The molecule has 3 heteroatoms. The molecule has 0 unspecified atom stereocenters. The molecule has 1 aromatic heterocycles. The maximum atomic E-state index is 12.5. The standard InChI is InChI=1S/C19H18N2O/c1-2-5-14-8-10-15(11-9-14)21-19(22)17-12-13-20-18-7-4-3-6-16(17)18/h3-4,6-13H,2,5H2,1H3,(H,21,22). The number of aryl methyl sites for hydroxylation is 1. The van der Waals surface area contributed by atoms with E-state index in [1.54, 1.807) is 12.3 Å². The molecule has 0 bridgehead atoms. The molecule has 3 nitrogen and oxygen atoms in total. The van der Waals surface area contributed by atoms with Crippen molar-refractivity contribution in [2.75, 3.05) is 5.32 Å². The molecule has 2 aromatic carbocycles. The number of carbonyl (C=O) groups is 1. The lowest BCUT2D eigenvalue weighted by molar-refractivity contribution is 0.102. The Labute approximate surface area is 130 Å². The summed E-state index contributed by atoms with van der Waals surface area (Å²) in [5.41, 5.74) is 3.57. The number of hydrogen-bond donors (Lipinski definition) is 1. The molecular weight excluding hydrogens is 272 g/mol. The van der Waals surface area contributed by atoms with Crippen molar-refractivity contribution in [1.82, 2.24) is 4.98 Å². The third kappa shape index (κ3) is 2.98. The van der Waals surface area contributed by atoms with Crippen LogP contribution in [0.4, 0.5) is 5.69 Å². The molecule has 3 aromatic rings. The summed E-state index contributed by atoms with van der Waals surface area (Å²) >= 11 is 0. The largest absolute Gasteiger partial charge is 0.322 e. The van der Waals surface area contributed by atoms with Gasteiger partial charge in [0.15, 0.2) is 0 Å². The monoisotopic (exact) mass is 290 g/mol. The minimum atomic E-state index is -0.109. The third-order valence-corrected chi connectivity index (χ3v) is 3.64. The smallest absolute Gasteiger partial charge is 0.256 e. The van der Waals surface area contributed by atoms with Gasteiger partial charge in [0, 0.05) is 17.3 Å². The van der Waals surface area contributed by atoms with Gasteiger partial charge in [0.25, 0.3) is 5.91 Å². The SMILES string of the molecule is CCCc1ccc(NC(=O)c2ccnc3ccccc23)cc1. The molecule has 0 saturated carbocycles. The zero-order chi connectivity index (χ0) is 15.4. The number of carbonyl (C=O) groups excluding carboxylic acids is 1. The Bertz CT molecular complexity index is 789. The van der Waals surface area contributed by atoms with E-state index in [2.05, 4.69) is 29.4 Å². The lowest BCUT2D eigenvalue weighted by Gasteiger charge is -2.08. The van der Waals surface area contributed by atoms with Crippen LogP contribution >= 0.6 is 0 Å². The Balaban J connectivity index is 1.84. The van der Waals surface area contributed by atoms with Gasteiger partial charge in [-0.1, -0.05) is 43.7 Å². The van der Waals surface area contributed by atoms with Gasteiger partial charge in [0.2, 0.25) is 0 Å². The molecular formula is C19H18N2O. The van der Waals surface area contributed by atoms with E-state index in [1.165, 1.54) is 5.56 Å². The lowest BCUT2D eigenvalue weighted by atomic mass is 10.1. The summed E-state index contributed by atoms with van der Waals surface area (Å²) in [4.78, 5) is 16.8. The van der Waals surface area contributed by atoms with Crippen molar-refractivity contribution in [2.24, 2.45) is 0 Å². The highest BCUT2D eigenvalue weighted by Crippen LogP contribution is 2.18. The number of benzene rings is 2. The summed E-state index contributed by atoms with van der Waals surface area (Å²) in [6.45, 7) is 2.16. The number of aromatic nitrogens is 1. The first-order valence-corrected chi connectivity index (χ1v) is 7.52. The highest BCUT2D eigenvalue weighted by Gasteiger charge is 2.10. The normalized spacial score (nSPS) is 10.6. The minimum absolute atomic E-state index is 0.109. The number of nitrogens with one attached hydrogen (secondary N) is 1. The number of pyridine rings is 1. The van der Waals surface area contributed by atoms with Crippen LogP contribution in [0, 0.1) is 0 Å². The first kappa shape index (κ1) is 14.3. The molecule has 0 aliphatic heterocycles. The number of fused-ring (bicyclic) bond motifs is 1. The maximum absolute atomic E-state index is 12.5. The second-order valence-corrected chi connectivity index (χ2v) is 5.28. The van der Waals surface area contributed by atoms with Crippen molar-refractivity contribution in [1.29, 1.82) is 0 Å².